The van der Waals surface area contributed by atoms with Crippen molar-refractivity contribution in [2.75, 3.05) is 13.2 Å². The van der Waals surface area contributed by atoms with Gasteiger partial charge in [-0.1, -0.05) is 12.1 Å². The Morgan fingerprint density at radius 1 is 1.19 bits per heavy atom. The summed E-state index contributed by atoms with van der Waals surface area (Å²) in [4.78, 5) is 38.4. The number of rotatable bonds is 6. The second kappa shape index (κ2) is 8.84. The minimum atomic E-state index is -0.679. The quantitative estimate of drug-likeness (QED) is 0.307. The average Bonchev–Trinajstić information content (AvgIpc) is 2.83. The smallest absolute Gasteiger partial charge is 0.312 e. The molecule has 1 aromatic carbocycles. The molecule has 1 unspecified atom stereocenters. The Bertz CT molecular complexity index is 722. The number of carbonyl (C=O) groups is 3. The summed E-state index contributed by atoms with van der Waals surface area (Å²) in [5, 5.41) is 0. The van der Waals surface area contributed by atoms with Crippen LogP contribution in [0, 0.1) is 5.41 Å². The van der Waals surface area contributed by atoms with E-state index in [9.17, 15) is 14.4 Å². The van der Waals surface area contributed by atoms with Crippen LogP contribution in [0.2, 0.25) is 0 Å². The molecule has 6 nitrogen and oxygen atoms in total. The maximum absolute atomic E-state index is 12.5. The van der Waals surface area contributed by atoms with Crippen LogP contribution >= 0.6 is 24.0 Å². The Morgan fingerprint density at radius 2 is 1.74 bits per heavy atom. The molecular formula is C19H23NO5S2. The number of carbonyl (C=O) groups excluding carboxylic acids is 3. The fraction of sp³-hybridized carbons (Fsp3) is 0.474. The van der Waals surface area contributed by atoms with Crippen LogP contribution < -0.4 is 0 Å². The second-order valence-electron chi connectivity index (χ2n) is 6.98. The van der Waals surface area contributed by atoms with Crippen LogP contribution in [0.25, 0.3) is 0 Å². The van der Waals surface area contributed by atoms with Gasteiger partial charge < -0.3 is 9.47 Å². The average molecular weight is 410 g/mol. The molecule has 0 radical (unpaired) electrons. The van der Waals surface area contributed by atoms with Gasteiger partial charge in [0, 0.05) is 13.0 Å². The Morgan fingerprint density at radius 3 is 2.22 bits per heavy atom. The molecule has 0 saturated carbocycles. The number of benzene rings is 1. The molecule has 27 heavy (non-hydrogen) atoms. The Balaban J connectivity index is 2.07. The number of esters is 1. The minimum absolute atomic E-state index is 0.121. The largest absolute Gasteiger partial charge is 0.479 e. The molecule has 0 aliphatic carbocycles. The standard InChI is InChI=1S/C19H23NO5S2/c1-5-24-18(26)27-14(25-17(23)19(2,3)4)10-11-20-15(21)12-8-6-7-9-13(12)16(20)22/h6-9,14H,5,10-11H2,1-4H3. The maximum atomic E-state index is 12.5. The number of thiocarbonyl (C=S) groups is 1. The van der Waals surface area contributed by atoms with Gasteiger partial charge in [-0.25, -0.2) is 0 Å². The van der Waals surface area contributed by atoms with Gasteiger partial charge in [0.15, 0.2) is 5.44 Å². The number of ether oxygens (including phenoxy) is 2. The summed E-state index contributed by atoms with van der Waals surface area (Å²) in [5.41, 5.74) is -0.548. The summed E-state index contributed by atoms with van der Waals surface area (Å²) >= 11 is 6.23. The molecule has 0 N–H and O–H groups in total. The van der Waals surface area contributed by atoms with E-state index in [4.69, 9.17) is 21.7 Å². The van der Waals surface area contributed by atoms with Gasteiger partial charge in [-0.3, -0.25) is 19.3 Å². The van der Waals surface area contributed by atoms with Crippen LogP contribution in [0.3, 0.4) is 0 Å². The van der Waals surface area contributed by atoms with Crippen molar-refractivity contribution in [1.29, 1.82) is 0 Å². The van der Waals surface area contributed by atoms with Gasteiger partial charge in [0.05, 0.1) is 23.1 Å². The molecule has 0 fully saturated rings. The van der Waals surface area contributed by atoms with E-state index >= 15 is 0 Å². The maximum Gasteiger partial charge on any atom is 0.312 e. The molecule has 1 aliphatic heterocycles. The number of nitrogens with zero attached hydrogens (tertiary/aromatic N) is 1. The Kier molecular flexibility index (Phi) is 7.00. The van der Waals surface area contributed by atoms with Crippen molar-refractivity contribution in [3.63, 3.8) is 0 Å². The number of hydrogen-bond donors (Lipinski definition) is 0. The number of thioether (sulfide) groups is 1. The van der Waals surface area contributed by atoms with Crippen molar-refractivity contribution in [3.8, 4) is 0 Å². The number of imide groups is 1. The molecule has 8 heteroatoms. The van der Waals surface area contributed by atoms with E-state index in [1.165, 1.54) is 4.90 Å². The second-order valence-corrected chi connectivity index (χ2v) is 8.74. The van der Waals surface area contributed by atoms with E-state index in [1.54, 1.807) is 45.0 Å². The monoisotopic (exact) mass is 409 g/mol. The Labute approximate surface area is 168 Å². The number of amides is 2. The SMILES string of the molecule is CCOC(=S)SC(CCN1C(=O)c2ccccc2C1=O)OC(=O)C(C)(C)C. The molecule has 2 amide bonds. The lowest BCUT2D eigenvalue weighted by atomic mass is 9.97. The zero-order chi connectivity index (χ0) is 20.2. The third-order valence-electron chi connectivity index (χ3n) is 3.81. The zero-order valence-corrected chi connectivity index (χ0v) is 17.4. The van der Waals surface area contributed by atoms with Crippen molar-refractivity contribution < 1.29 is 23.9 Å². The first-order chi connectivity index (χ1) is 12.6. The van der Waals surface area contributed by atoms with Crippen LogP contribution in [0.4, 0.5) is 0 Å². The predicted octanol–water partition coefficient (Wildman–Crippen LogP) is 3.64. The summed E-state index contributed by atoms with van der Waals surface area (Å²) in [6, 6.07) is 6.70. The molecular weight excluding hydrogens is 386 g/mol. The third-order valence-corrected chi connectivity index (χ3v) is 5.12. The minimum Gasteiger partial charge on any atom is -0.479 e. The van der Waals surface area contributed by atoms with Crippen molar-refractivity contribution >= 4 is 46.1 Å². The summed E-state index contributed by atoms with van der Waals surface area (Å²) in [6.07, 6.45) is 0.255. The fourth-order valence-corrected chi connectivity index (χ4v) is 3.57. The lowest BCUT2D eigenvalue weighted by molar-refractivity contribution is -0.154. The Hall–Kier alpha value is -1.93. The summed E-state index contributed by atoms with van der Waals surface area (Å²) < 4.78 is 11.1. The van der Waals surface area contributed by atoms with Crippen LogP contribution in [-0.4, -0.2) is 45.7 Å². The highest BCUT2D eigenvalue weighted by Gasteiger charge is 2.36. The van der Waals surface area contributed by atoms with Gasteiger partial charge in [0.1, 0.15) is 0 Å². The van der Waals surface area contributed by atoms with Crippen molar-refractivity contribution in [3.05, 3.63) is 35.4 Å². The lowest BCUT2D eigenvalue weighted by Gasteiger charge is -2.24. The molecule has 1 aromatic rings. The number of hydrogen-bond acceptors (Lipinski definition) is 7. The van der Waals surface area contributed by atoms with E-state index in [2.05, 4.69) is 0 Å². The first kappa shape index (κ1) is 21.4. The van der Waals surface area contributed by atoms with Crippen LogP contribution in [-0.2, 0) is 14.3 Å². The van der Waals surface area contributed by atoms with E-state index in [-0.39, 0.29) is 35.1 Å². The van der Waals surface area contributed by atoms with E-state index in [0.29, 0.717) is 17.7 Å². The van der Waals surface area contributed by atoms with Crippen LogP contribution in [0.15, 0.2) is 24.3 Å². The summed E-state index contributed by atoms with van der Waals surface area (Å²) in [5.74, 6) is -1.07. The first-order valence-corrected chi connectivity index (χ1v) is 9.93. The van der Waals surface area contributed by atoms with Crippen molar-refractivity contribution in [2.24, 2.45) is 5.41 Å². The highest BCUT2D eigenvalue weighted by atomic mass is 32.2. The van der Waals surface area contributed by atoms with E-state index in [0.717, 1.165) is 11.8 Å². The molecule has 1 aliphatic rings. The van der Waals surface area contributed by atoms with Crippen molar-refractivity contribution in [2.45, 2.75) is 39.6 Å². The molecule has 2 rings (SSSR count). The van der Waals surface area contributed by atoms with E-state index < -0.39 is 10.9 Å². The van der Waals surface area contributed by atoms with Crippen LogP contribution in [0.1, 0.15) is 54.8 Å². The fourth-order valence-electron chi connectivity index (χ4n) is 2.37. The molecule has 0 saturated heterocycles. The van der Waals surface area contributed by atoms with Gasteiger partial charge in [-0.05, 0) is 63.8 Å². The number of fused-ring (bicyclic) bond motifs is 1. The first-order valence-electron chi connectivity index (χ1n) is 8.65. The highest BCUT2D eigenvalue weighted by Crippen LogP contribution is 2.27. The van der Waals surface area contributed by atoms with Gasteiger partial charge >= 0.3 is 5.97 Å². The van der Waals surface area contributed by atoms with Gasteiger partial charge in [0.25, 0.3) is 11.8 Å². The van der Waals surface area contributed by atoms with Gasteiger partial charge in [-0.2, -0.15) is 0 Å². The normalized spacial score (nSPS) is 14.7. The van der Waals surface area contributed by atoms with Gasteiger partial charge in [0.2, 0.25) is 4.38 Å². The molecule has 0 bridgehead atoms. The molecule has 0 spiro atoms. The van der Waals surface area contributed by atoms with Crippen LogP contribution in [0.5, 0.6) is 0 Å². The topological polar surface area (TPSA) is 72.9 Å². The third kappa shape index (κ3) is 5.29. The van der Waals surface area contributed by atoms with Crippen molar-refractivity contribution in [1.82, 2.24) is 4.90 Å². The predicted molar refractivity (Wildman–Crippen MR) is 108 cm³/mol. The molecule has 146 valence electrons. The summed E-state index contributed by atoms with van der Waals surface area (Å²) in [7, 11) is 0. The summed E-state index contributed by atoms with van der Waals surface area (Å²) in [6.45, 7) is 7.59. The zero-order valence-electron chi connectivity index (χ0n) is 15.8. The van der Waals surface area contributed by atoms with E-state index in [1.807, 2.05) is 6.92 Å². The van der Waals surface area contributed by atoms with Gasteiger partial charge in [-0.15, -0.1) is 0 Å². The lowest BCUT2D eigenvalue weighted by Crippen LogP contribution is -2.34. The molecule has 0 aromatic heterocycles. The molecule has 1 heterocycles. The molecule has 1 atom stereocenters. The highest BCUT2D eigenvalue weighted by molar-refractivity contribution is 8.22.